The van der Waals surface area contributed by atoms with Crippen molar-refractivity contribution < 1.29 is 5.11 Å². The Bertz CT molecular complexity index is 700. The number of hydrogen-bond acceptors (Lipinski definition) is 2. The Balaban J connectivity index is 1.89. The summed E-state index contributed by atoms with van der Waals surface area (Å²) in [6.45, 7) is 0.588. The number of nitrogens with two attached hydrogens (primary N) is 1. The Morgan fingerprint density at radius 1 is 1.05 bits per heavy atom. The maximum absolute atomic E-state index is 9.37. The van der Waals surface area contributed by atoms with E-state index in [2.05, 4.69) is 29.4 Å². The number of hydrogen-bond donors (Lipinski definition) is 3. The number of phenols is 1. The van der Waals surface area contributed by atoms with Crippen molar-refractivity contribution in [3.05, 3.63) is 65.9 Å². The van der Waals surface area contributed by atoms with Gasteiger partial charge in [-0.2, -0.15) is 0 Å². The fourth-order valence-electron chi connectivity index (χ4n) is 2.65. The molecule has 3 aromatic rings. The summed E-state index contributed by atoms with van der Waals surface area (Å²) in [5.41, 5.74) is 9.53. The molecule has 3 heteroatoms. The lowest BCUT2D eigenvalue weighted by Crippen LogP contribution is -2.14. The zero-order valence-corrected chi connectivity index (χ0v) is 11.2. The number of H-pyrrole nitrogens is 1. The number of aromatic nitrogens is 1. The summed E-state index contributed by atoms with van der Waals surface area (Å²) >= 11 is 0. The van der Waals surface area contributed by atoms with Crippen LogP contribution in [0.2, 0.25) is 0 Å². The fourth-order valence-corrected chi connectivity index (χ4v) is 2.65. The summed E-state index contributed by atoms with van der Waals surface area (Å²) in [5.74, 6) is 0.548. The fraction of sp³-hybridized carbons (Fsp3) is 0.176. The number of aromatic amines is 1. The van der Waals surface area contributed by atoms with Gasteiger partial charge in [-0.05, 0) is 42.3 Å². The SMILES string of the molecule is NCC(Cc1c[nH]c2ccccc12)c1ccc(O)cc1. The molecule has 20 heavy (non-hydrogen) atoms. The molecule has 0 fully saturated rings. The Kier molecular flexibility index (Phi) is 3.44. The summed E-state index contributed by atoms with van der Waals surface area (Å²) < 4.78 is 0. The molecular formula is C17H18N2O. The van der Waals surface area contributed by atoms with E-state index in [1.54, 1.807) is 12.1 Å². The van der Waals surface area contributed by atoms with Crippen LogP contribution in [0.3, 0.4) is 0 Å². The van der Waals surface area contributed by atoms with Crippen LogP contribution in [0.5, 0.6) is 5.75 Å². The van der Waals surface area contributed by atoms with Gasteiger partial charge in [-0.3, -0.25) is 0 Å². The Morgan fingerprint density at radius 2 is 1.80 bits per heavy atom. The molecule has 102 valence electrons. The molecule has 1 atom stereocenters. The molecular weight excluding hydrogens is 248 g/mol. The molecule has 0 aliphatic carbocycles. The zero-order chi connectivity index (χ0) is 13.9. The Hall–Kier alpha value is -2.26. The van der Waals surface area contributed by atoms with Crippen LogP contribution in [0.15, 0.2) is 54.7 Å². The summed E-state index contributed by atoms with van der Waals surface area (Å²) in [6, 6.07) is 15.6. The van der Waals surface area contributed by atoms with Crippen molar-refractivity contribution in [1.82, 2.24) is 4.98 Å². The van der Waals surface area contributed by atoms with Crippen LogP contribution in [0.4, 0.5) is 0 Å². The highest BCUT2D eigenvalue weighted by Gasteiger charge is 2.13. The smallest absolute Gasteiger partial charge is 0.115 e. The number of fused-ring (bicyclic) bond motifs is 1. The number of para-hydroxylation sites is 1. The molecule has 2 aromatic carbocycles. The minimum Gasteiger partial charge on any atom is -0.508 e. The van der Waals surface area contributed by atoms with Gasteiger partial charge in [0.25, 0.3) is 0 Å². The number of aromatic hydroxyl groups is 1. The quantitative estimate of drug-likeness (QED) is 0.679. The first-order valence-corrected chi connectivity index (χ1v) is 6.82. The number of phenolic OH excluding ortho intramolecular Hbond substituents is 1. The molecule has 0 saturated carbocycles. The molecule has 0 spiro atoms. The van der Waals surface area contributed by atoms with Gasteiger partial charge >= 0.3 is 0 Å². The highest BCUT2D eigenvalue weighted by molar-refractivity contribution is 5.83. The van der Waals surface area contributed by atoms with Crippen molar-refractivity contribution in [3.63, 3.8) is 0 Å². The average Bonchev–Trinajstić information content (AvgIpc) is 2.89. The van der Waals surface area contributed by atoms with Crippen LogP contribution in [0, 0.1) is 0 Å². The second-order valence-corrected chi connectivity index (χ2v) is 5.09. The summed E-state index contributed by atoms with van der Waals surface area (Å²) in [5, 5.41) is 10.6. The Morgan fingerprint density at radius 3 is 2.55 bits per heavy atom. The van der Waals surface area contributed by atoms with E-state index >= 15 is 0 Å². The van der Waals surface area contributed by atoms with Crippen LogP contribution in [-0.2, 0) is 6.42 Å². The highest BCUT2D eigenvalue weighted by atomic mass is 16.3. The van der Waals surface area contributed by atoms with Gasteiger partial charge in [0.1, 0.15) is 5.75 Å². The normalized spacial score (nSPS) is 12.7. The highest BCUT2D eigenvalue weighted by Crippen LogP contribution is 2.26. The van der Waals surface area contributed by atoms with E-state index in [9.17, 15) is 5.11 Å². The molecule has 3 rings (SSSR count). The lowest BCUT2D eigenvalue weighted by Gasteiger charge is -2.15. The molecule has 4 N–H and O–H groups in total. The van der Waals surface area contributed by atoms with E-state index in [1.165, 1.54) is 10.9 Å². The molecule has 0 aliphatic rings. The van der Waals surface area contributed by atoms with Crippen molar-refractivity contribution in [2.75, 3.05) is 6.54 Å². The summed E-state index contributed by atoms with van der Waals surface area (Å²) in [4.78, 5) is 3.30. The van der Waals surface area contributed by atoms with Crippen molar-refractivity contribution >= 4 is 10.9 Å². The molecule has 3 nitrogen and oxygen atoms in total. The standard InChI is InChI=1S/C17H18N2O/c18-10-13(12-5-7-15(20)8-6-12)9-14-11-19-17-4-2-1-3-16(14)17/h1-8,11,13,19-20H,9-10,18H2. The zero-order valence-electron chi connectivity index (χ0n) is 11.2. The van der Waals surface area contributed by atoms with Gasteiger partial charge in [0.05, 0.1) is 0 Å². The van der Waals surface area contributed by atoms with Crippen LogP contribution in [0.25, 0.3) is 10.9 Å². The van der Waals surface area contributed by atoms with Crippen LogP contribution in [0.1, 0.15) is 17.0 Å². The van der Waals surface area contributed by atoms with Gasteiger partial charge in [-0.1, -0.05) is 30.3 Å². The topological polar surface area (TPSA) is 62.0 Å². The van der Waals surface area contributed by atoms with Crippen molar-refractivity contribution in [3.8, 4) is 5.75 Å². The maximum atomic E-state index is 9.37. The number of rotatable bonds is 4. The van der Waals surface area contributed by atoms with E-state index in [0.29, 0.717) is 6.54 Å². The van der Waals surface area contributed by atoms with Gasteiger partial charge in [-0.25, -0.2) is 0 Å². The number of benzene rings is 2. The van der Waals surface area contributed by atoms with E-state index in [1.807, 2.05) is 18.2 Å². The third-order valence-electron chi connectivity index (χ3n) is 3.79. The lowest BCUT2D eigenvalue weighted by atomic mass is 9.92. The van der Waals surface area contributed by atoms with Crippen molar-refractivity contribution in [2.24, 2.45) is 5.73 Å². The molecule has 0 amide bonds. The first kappa shape index (κ1) is 12.8. The summed E-state index contributed by atoms with van der Waals surface area (Å²) in [6.07, 6.45) is 2.96. The first-order valence-electron chi connectivity index (χ1n) is 6.82. The van der Waals surface area contributed by atoms with Crippen LogP contribution < -0.4 is 5.73 Å². The minimum atomic E-state index is 0.259. The molecule has 0 saturated heterocycles. The molecule has 0 aliphatic heterocycles. The predicted molar refractivity (Wildman–Crippen MR) is 81.9 cm³/mol. The van der Waals surface area contributed by atoms with E-state index in [4.69, 9.17) is 5.73 Å². The minimum absolute atomic E-state index is 0.259. The van der Waals surface area contributed by atoms with Gasteiger partial charge in [0.15, 0.2) is 0 Å². The largest absolute Gasteiger partial charge is 0.508 e. The van der Waals surface area contributed by atoms with Crippen molar-refractivity contribution in [2.45, 2.75) is 12.3 Å². The Labute approximate surface area is 118 Å². The molecule has 1 heterocycles. The maximum Gasteiger partial charge on any atom is 0.115 e. The van der Waals surface area contributed by atoms with Crippen molar-refractivity contribution in [1.29, 1.82) is 0 Å². The average molecular weight is 266 g/mol. The second kappa shape index (κ2) is 5.39. The van der Waals surface area contributed by atoms with E-state index < -0.39 is 0 Å². The van der Waals surface area contributed by atoms with Gasteiger partial charge in [0.2, 0.25) is 0 Å². The molecule has 1 aromatic heterocycles. The van der Waals surface area contributed by atoms with Crippen LogP contribution in [-0.4, -0.2) is 16.6 Å². The van der Waals surface area contributed by atoms with Crippen LogP contribution >= 0.6 is 0 Å². The monoisotopic (exact) mass is 266 g/mol. The van der Waals surface area contributed by atoms with E-state index in [-0.39, 0.29) is 11.7 Å². The molecule has 0 radical (unpaired) electrons. The second-order valence-electron chi connectivity index (χ2n) is 5.09. The molecule has 0 bridgehead atoms. The lowest BCUT2D eigenvalue weighted by molar-refractivity contribution is 0.475. The van der Waals surface area contributed by atoms with E-state index in [0.717, 1.165) is 17.5 Å². The van der Waals surface area contributed by atoms with Gasteiger partial charge in [-0.15, -0.1) is 0 Å². The van der Waals surface area contributed by atoms with Gasteiger partial charge < -0.3 is 15.8 Å². The first-order chi connectivity index (χ1) is 9.78. The summed E-state index contributed by atoms with van der Waals surface area (Å²) in [7, 11) is 0. The number of nitrogens with one attached hydrogen (secondary N) is 1. The van der Waals surface area contributed by atoms with Gasteiger partial charge in [0, 0.05) is 23.0 Å². The third-order valence-corrected chi connectivity index (χ3v) is 3.79. The molecule has 1 unspecified atom stereocenters. The predicted octanol–water partition coefficient (Wildman–Crippen LogP) is 3.16. The third kappa shape index (κ3) is 2.40.